The SMILES string of the molecule is Nc1cc(Cl)c(C(F)(F)F)c(-c2c(Cl)cc3c(N4CC5CCC(C4)N5)nc(OC[C@@]45CCCN4C[C@H](F)C5)nc3c2F)n1. The first-order chi connectivity index (χ1) is 20.4. The molecule has 15 heteroatoms. The van der Waals surface area contributed by atoms with E-state index in [0.29, 0.717) is 31.9 Å². The van der Waals surface area contributed by atoms with E-state index in [0.717, 1.165) is 38.3 Å². The minimum Gasteiger partial charge on any atom is -0.461 e. The Hall–Kier alpha value is -2.74. The first-order valence-corrected chi connectivity index (χ1v) is 14.9. The summed E-state index contributed by atoms with van der Waals surface area (Å²) in [6.07, 6.45) is -2.07. The summed E-state index contributed by atoms with van der Waals surface area (Å²) in [4.78, 5) is 16.9. The van der Waals surface area contributed by atoms with Crippen LogP contribution in [0.4, 0.5) is 33.6 Å². The number of anilines is 2. The summed E-state index contributed by atoms with van der Waals surface area (Å²) < 4.78 is 79.3. The van der Waals surface area contributed by atoms with E-state index in [4.69, 9.17) is 33.7 Å². The van der Waals surface area contributed by atoms with Gasteiger partial charge in [0, 0.05) is 43.5 Å². The molecule has 230 valence electrons. The van der Waals surface area contributed by atoms with Crippen LogP contribution in [0.1, 0.15) is 37.7 Å². The third kappa shape index (κ3) is 5.01. The number of fused-ring (bicyclic) bond motifs is 4. The Morgan fingerprint density at radius 3 is 2.53 bits per heavy atom. The molecule has 3 aromatic rings. The van der Waals surface area contributed by atoms with Gasteiger partial charge in [-0.2, -0.15) is 23.1 Å². The van der Waals surface area contributed by atoms with Crippen LogP contribution in [-0.4, -0.2) is 76.4 Å². The van der Waals surface area contributed by atoms with Crippen LogP contribution < -0.4 is 20.7 Å². The summed E-state index contributed by atoms with van der Waals surface area (Å²) in [5, 5.41) is 2.68. The number of rotatable bonds is 5. The van der Waals surface area contributed by atoms with Crippen molar-refractivity contribution >= 4 is 45.7 Å². The highest BCUT2D eigenvalue weighted by atomic mass is 35.5. The summed E-state index contributed by atoms with van der Waals surface area (Å²) in [6.45, 7) is 2.33. The molecule has 8 nitrogen and oxygen atoms in total. The number of nitrogen functional groups attached to an aromatic ring is 1. The number of benzene rings is 1. The van der Waals surface area contributed by atoms with Crippen LogP contribution in [0.3, 0.4) is 0 Å². The fourth-order valence-electron chi connectivity index (χ4n) is 7.28. The van der Waals surface area contributed by atoms with Crippen LogP contribution in [0.5, 0.6) is 6.01 Å². The lowest BCUT2D eigenvalue weighted by atomic mass is 9.95. The van der Waals surface area contributed by atoms with Crippen molar-refractivity contribution in [3.05, 3.63) is 33.6 Å². The predicted octanol–water partition coefficient (Wildman–Crippen LogP) is 5.63. The van der Waals surface area contributed by atoms with Gasteiger partial charge in [0.2, 0.25) is 0 Å². The summed E-state index contributed by atoms with van der Waals surface area (Å²) in [5.74, 6) is -1.12. The van der Waals surface area contributed by atoms with Crippen LogP contribution in [0.15, 0.2) is 12.1 Å². The zero-order valence-corrected chi connectivity index (χ0v) is 24.3. The Balaban J connectivity index is 1.38. The molecule has 2 bridgehead atoms. The van der Waals surface area contributed by atoms with Crippen molar-refractivity contribution in [3.8, 4) is 17.3 Å². The molecule has 0 aliphatic carbocycles. The van der Waals surface area contributed by atoms with Gasteiger partial charge >= 0.3 is 12.2 Å². The lowest BCUT2D eigenvalue weighted by molar-refractivity contribution is -0.137. The van der Waals surface area contributed by atoms with E-state index in [2.05, 4.69) is 25.2 Å². The van der Waals surface area contributed by atoms with Crippen LogP contribution in [0.2, 0.25) is 10.0 Å². The van der Waals surface area contributed by atoms with Crippen molar-refractivity contribution in [1.29, 1.82) is 0 Å². The van der Waals surface area contributed by atoms with Crippen LogP contribution in [0.25, 0.3) is 22.2 Å². The summed E-state index contributed by atoms with van der Waals surface area (Å²) in [7, 11) is 0. The average Bonchev–Trinajstić information content (AvgIpc) is 3.56. The number of alkyl halides is 4. The fraction of sp³-hybridized carbons (Fsp3) is 0.536. The van der Waals surface area contributed by atoms with Gasteiger partial charge in [-0.25, -0.2) is 13.8 Å². The maximum atomic E-state index is 16.5. The lowest BCUT2D eigenvalue weighted by Gasteiger charge is -2.34. The minimum absolute atomic E-state index is 0.0951. The molecule has 2 unspecified atom stereocenters. The fourth-order valence-corrected chi connectivity index (χ4v) is 7.87. The molecule has 7 rings (SSSR count). The molecule has 0 amide bonds. The van der Waals surface area contributed by atoms with Gasteiger partial charge in [0.1, 0.15) is 35.5 Å². The van der Waals surface area contributed by atoms with Crippen LogP contribution in [0, 0.1) is 5.82 Å². The number of nitrogens with two attached hydrogens (primary N) is 1. The number of nitrogens with one attached hydrogen (secondary N) is 1. The third-order valence-electron chi connectivity index (χ3n) is 9.10. The van der Waals surface area contributed by atoms with Gasteiger partial charge in [-0.15, -0.1) is 0 Å². The van der Waals surface area contributed by atoms with Gasteiger partial charge in [-0.05, 0) is 44.4 Å². The molecule has 0 spiro atoms. The molecule has 4 aliphatic heterocycles. The third-order valence-corrected chi connectivity index (χ3v) is 9.70. The van der Waals surface area contributed by atoms with Crippen LogP contribution in [-0.2, 0) is 6.18 Å². The number of ether oxygens (including phenoxy) is 1. The molecular formula is C28H28Cl2F5N7O. The Labute approximate surface area is 253 Å². The molecule has 2 aromatic heterocycles. The van der Waals surface area contributed by atoms with Crippen molar-refractivity contribution in [2.45, 2.75) is 62.1 Å². The topological polar surface area (TPSA) is 92.4 Å². The molecule has 4 fully saturated rings. The van der Waals surface area contributed by atoms with Gasteiger partial charge in [0.05, 0.1) is 26.8 Å². The maximum absolute atomic E-state index is 16.5. The van der Waals surface area contributed by atoms with Crippen LogP contribution >= 0.6 is 23.2 Å². The number of hydrogen-bond donors (Lipinski definition) is 2. The average molecular weight is 644 g/mol. The standard InChI is InChI=1S/C28H28Cl2F5N7O/c29-17-6-16-23(22(32)20(17)24-21(28(33,34)35)18(30)7-19(36)38-24)39-26(40-25(16)41-10-14-2-3-15(11-41)37-14)43-12-27-4-1-5-42(27)9-13(31)8-27/h6-7,13-15,37H,1-5,8-12H2,(H2,36,38)/t13-,14?,15?,27+/m1/s1. The van der Waals surface area contributed by atoms with Gasteiger partial charge in [-0.3, -0.25) is 4.90 Å². The zero-order chi connectivity index (χ0) is 30.3. The molecule has 6 heterocycles. The molecule has 1 aromatic carbocycles. The van der Waals surface area contributed by atoms with Crippen molar-refractivity contribution in [1.82, 2.24) is 25.2 Å². The molecule has 4 aliphatic rings. The molecular weight excluding hydrogens is 616 g/mol. The van der Waals surface area contributed by atoms with Gasteiger partial charge in [-0.1, -0.05) is 23.2 Å². The normalized spacial score (nSPS) is 27.3. The van der Waals surface area contributed by atoms with Crippen molar-refractivity contribution in [2.75, 3.05) is 43.4 Å². The van der Waals surface area contributed by atoms with E-state index in [1.54, 1.807) is 0 Å². The number of halogens is 7. The molecule has 3 N–H and O–H groups in total. The monoisotopic (exact) mass is 643 g/mol. The number of hydrogen-bond acceptors (Lipinski definition) is 8. The van der Waals surface area contributed by atoms with E-state index in [9.17, 15) is 17.6 Å². The second-order valence-electron chi connectivity index (χ2n) is 11.9. The van der Waals surface area contributed by atoms with Crippen molar-refractivity contribution < 1.29 is 26.7 Å². The quantitative estimate of drug-likeness (QED) is 0.346. The largest absolute Gasteiger partial charge is 0.461 e. The Morgan fingerprint density at radius 2 is 1.81 bits per heavy atom. The van der Waals surface area contributed by atoms with E-state index < -0.39 is 45.5 Å². The van der Waals surface area contributed by atoms with Crippen molar-refractivity contribution in [2.24, 2.45) is 0 Å². The molecule has 43 heavy (non-hydrogen) atoms. The van der Waals surface area contributed by atoms with E-state index in [1.807, 2.05) is 4.90 Å². The number of pyridine rings is 1. The predicted molar refractivity (Wildman–Crippen MR) is 153 cm³/mol. The maximum Gasteiger partial charge on any atom is 0.419 e. The number of nitrogens with zero attached hydrogens (tertiary/aromatic N) is 5. The molecule has 4 atom stereocenters. The summed E-state index contributed by atoms with van der Waals surface area (Å²) in [6, 6.07) is 2.44. The highest BCUT2D eigenvalue weighted by Gasteiger charge is 2.49. The first kappa shape index (κ1) is 29.0. The molecule has 0 saturated carbocycles. The Bertz CT molecular complexity index is 1600. The van der Waals surface area contributed by atoms with Gasteiger partial charge in [0.15, 0.2) is 5.82 Å². The van der Waals surface area contributed by atoms with E-state index in [1.165, 1.54) is 6.07 Å². The minimum atomic E-state index is -4.98. The first-order valence-electron chi connectivity index (χ1n) is 14.2. The highest BCUT2D eigenvalue weighted by Crippen LogP contribution is 2.46. The molecule has 0 radical (unpaired) electrons. The Morgan fingerprint density at radius 1 is 1.07 bits per heavy atom. The second kappa shape index (κ2) is 10.4. The zero-order valence-electron chi connectivity index (χ0n) is 22.8. The lowest BCUT2D eigenvalue weighted by Crippen LogP contribution is -2.51. The van der Waals surface area contributed by atoms with E-state index >= 15 is 4.39 Å². The second-order valence-corrected chi connectivity index (χ2v) is 12.7. The van der Waals surface area contributed by atoms with Gasteiger partial charge in [0.25, 0.3) is 0 Å². The summed E-state index contributed by atoms with van der Waals surface area (Å²) >= 11 is 12.5. The number of piperazine rings is 1. The smallest absolute Gasteiger partial charge is 0.419 e. The number of aromatic nitrogens is 3. The summed E-state index contributed by atoms with van der Waals surface area (Å²) in [5.41, 5.74) is 2.09. The molecule has 4 saturated heterocycles. The van der Waals surface area contributed by atoms with Gasteiger partial charge < -0.3 is 20.7 Å². The highest BCUT2D eigenvalue weighted by molar-refractivity contribution is 6.35. The Kier molecular flexibility index (Phi) is 7.03. The van der Waals surface area contributed by atoms with E-state index in [-0.39, 0.29) is 46.4 Å². The van der Waals surface area contributed by atoms with Crippen molar-refractivity contribution in [3.63, 3.8) is 0 Å².